The van der Waals surface area contributed by atoms with Crippen molar-refractivity contribution in [1.29, 1.82) is 0 Å². The van der Waals surface area contributed by atoms with E-state index in [1.165, 1.54) is 25.4 Å². The summed E-state index contributed by atoms with van der Waals surface area (Å²) in [4.78, 5) is 16.3. The lowest BCUT2D eigenvalue weighted by atomic mass is 10.2. The topological polar surface area (TPSA) is 63.2 Å². The number of benzene rings is 2. The largest absolute Gasteiger partial charge is 0.495 e. The molecule has 2 aromatic carbocycles. The molecule has 0 unspecified atom stereocenters. The number of carbonyl (C=O) groups excluding carboxylic acids is 1. The van der Waals surface area contributed by atoms with Gasteiger partial charge in [0.05, 0.1) is 24.0 Å². The van der Waals surface area contributed by atoms with Gasteiger partial charge in [-0.3, -0.25) is 4.79 Å². The van der Waals surface area contributed by atoms with Gasteiger partial charge in [0.25, 0.3) is 5.91 Å². The molecule has 0 aliphatic rings. The lowest BCUT2D eigenvalue weighted by Crippen LogP contribution is -2.13. The standard InChI is InChI=1S/C19H14ClF2N3O2/c1-27-18-7-4-11(8-14(18)20)25-19(26)17-6-3-13(10-23-17)24-12-2-5-15(21)16(22)9-12/h2-10,24H,1H3,(H,25,26). The van der Waals surface area contributed by atoms with E-state index >= 15 is 0 Å². The van der Waals surface area contributed by atoms with E-state index in [0.717, 1.165) is 12.1 Å². The number of aromatic nitrogens is 1. The Morgan fingerprint density at radius 3 is 2.37 bits per heavy atom. The van der Waals surface area contributed by atoms with Crippen LogP contribution in [0.5, 0.6) is 5.75 Å². The molecule has 0 saturated heterocycles. The van der Waals surface area contributed by atoms with Crippen LogP contribution in [0.25, 0.3) is 0 Å². The minimum Gasteiger partial charge on any atom is -0.495 e. The van der Waals surface area contributed by atoms with Gasteiger partial charge >= 0.3 is 0 Å². The number of anilines is 3. The minimum absolute atomic E-state index is 0.178. The van der Waals surface area contributed by atoms with E-state index in [2.05, 4.69) is 15.6 Å². The van der Waals surface area contributed by atoms with E-state index in [0.29, 0.717) is 27.8 Å². The molecule has 0 spiro atoms. The van der Waals surface area contributed by atoms with Gasteiger partial charge in [-0.25, -0.2) is 13.8 Å². The molecule has 1 aromatic heterocycles. The van der Waals surface area contributed by atoms with Gasteiger partial charge in [-0.05, 0) is 42.5 Å². The summed E-state index contributed by atoms with van der Waals surface area (Å²) in [6.07, 6.45) is 1.41. The van der Waals surface area contributed by atoms with Crippen LogP contribution in [-0.2, 0) is 0 Å². The highest BCUT2D eigenvalue weighted by Gasteiger charge is 2.10. The number of hydrogen-bond donors (Lipinski definition) is 2. The molecular formula is C19H14ClF2N3O2. The summed E-state index contributed by atoms with van der Waals surface area (Å²) in [6.45, 7) is 0. The highest BCUT2D eigenvalue weighted by Crippen LogP contribution is 2.27. The lowest BCUT2D eigenvalue weighted by molar-refractivity contribution is 0.102. The number of rotatable bonds is 5. The molecule has 2 N–H and O–H groups in total. The fraction of sp³-hybridized carbons (Fsp3) is 0.0526. The van der Waals surface area contributed by atoms with E-state index in [9.17, 15) is 13.6 Å². The number of halogens is 3. The summed E-state index contributed by atoms with van der Waals surface area (Å²) in [5, 5.41) is 5.93. The molecule has 1 heterocycles. The summed E-state index contributed by atoms with van der Waals surface area (Å²) in [6, 6.07) is 11.4. The molecule has 0 atom stereocenters. The van der Waals surface area contributed by atoms with Gasteiger partial charge < -0.3 is 15.4 Å². The van der Waals surface area contributed by atoms with Gasteiger partial charge in [0.15, 0.2) is 11.6 Å². The fourth-order valence-electron chi connectivity index (χ4n) is 2.28. The zero-order valence-corrected chi connectivity index (χ0v) is 14.8. The smallest absolute Gasteiger partial charge is 0.274 e. The van der Waals surface area contributed by atoms with Gasteiger partial charge in [0.2, 0.25) is 0 Å². The third-order valence-corrected chi connectivity index (χ3v) is 3.91. The minimum atomic E-state index is -0.956. The van der Waals surface area contributed by atoms with Crippen LogP contribution in [0.2, 0.25) is 5.02 Å². The summed E-state index contributed by atoms with van der Waals surface area (Å²) in [5.41, 5.74) is 1.56. The van der Waals surface area contributed by atoms with Crippen molar-refractivity contribution in [3.05, 3.63) is 77.1 Å². The van der Waals surface area contributed by atoms with Crippen molar-refractivity contribution in [3.63, 3.8) is 0 Å². The molecule has 0 saturated carbocycles. The van der Waals surface area contributed by atoms with Crippen molar-refractivity contribution in [3.8, 4) is 5.75 Å². The van der Waals surface area contributed by atoms with Gasteiger partial charge in [0, 0.05) is 17.4 Å². The number of pyridine rings is 1. The molecule has 0 fully saturated rings. The van der Waals surface area contributed by atoms with Crippen molar-refractivity contribution in [2.45, 2.75) is 0 Å². The van der Waals surface area contributed by atoms with Crippen LogP contribution in [0, 0.1) is 11.6 Å². The predicted octanol–water partition coefficient (Wildman–Crippen LogP) is 5.02. The fourth-order valence-corrected chi connectivity index (χ4v) is 2.54. The van der Waals surface area contributed by atoms with Crippen LogP contribution in [0.3, 0.4) is 0 Å². The van der Waals surface area contributed by atoms with Gasteiger partial charge in [-0.15, -0.1) is 0 Å². The van der Waals surface area contributed by atoms with Gasteiger partial charge in [-0.1, -0.05) is 11.6 Å². The molecule has 0 radical (unpaired) electrons. The Labute approximate surface area is 159 Å². The molecular weight excluding hydrogens is 376 g/mol. The first-order valence-corrected chi connectivity index (χ1v) is 8.17. The average molecular weight is 390 g/mol. The van der Waals surface area contributed by atoms with Crippen molar-refractivity contribution in [2.24, 2.45) is 0 Å². The van der Waals surface area contributed by atoms with E-state index in [1.54, 1.807) is 24.3 Å². The van der Waals surface area contributed by atoms with Crippen LogP contribution >= 0.6 is 11.6 Å². The number of carbonyl (C=O) groups is 1. The maximum Gasteiger partial charge on any atom is 0.274 e. The SMILES string of the molecule is COc1ccc(NC(=O)c2ccc(Nc3ccc(F)c(F)c3)cn2)cc1Cl. The van der Waals surface area contributed by atoms with E-state index in [4.69, 9.17) is 16.3 Å². The Morgan fingerprint density at radius 1 is 1.00 bits per heavy atom. The summed E-state index contributed by atoms with van der Waals surface area (Å²) >= 11 is 6.03. The predicted molar refractivity (Wildman–Crippen MR) is 99.8 cm³/mol. The maximum atomic E-state index is 13.2. The molecule has 138 valence electrons. The van der Waals surface area contributed by atoms with Crippen LogP contribution in [0.15, 0.2) is 54.7 Å². The summed E-state index contributed by atoms with van der Waals surface area (Å²) < 4.78 is 31.2. The normalized spacial score (nSPS) is 10.4. The van der Waals surface area contributed by atoms with E-state index < -0.39 is 17.5 Å². The van der Waals surface area contributed by atoms with Crippen molar-refractivity contribution >= 4 is 34.6 Å². The van der Waals surface area contributed by atoms with Crippen LogP contribution in [0.4, 0.5) is 25.8 Å². The molecule has 5 nitrogen and oxygen atoms in total. The zero-order valence-electron chi connectivity index (χ0n) is 14.1. The highest BCUT2D eigenvalue weighted by atomic mass is 35.5. The third-order valence-electron chi connectivity index (χ3n) is 3.61. The second-order valence-electron chi connectivity index (χ2n) is 5.49. The van der Waals surface area contributed by atoms with Crippen molar-refractivity contribution in [1.82, 2.24) is 4.98 Å². The molecule has 3 rings (SSSR count). The highest BCUT2D eigenvalue weighted by molar-refractivity contribution is 6.32. The lowest BCUT2D eigenvalue weighted by Gasteiger charge is -2.09. The van der Waals surface area contributed by atoms with Gasteiger partial charge in [0.1, 0.15) is 11.4 Å². The van der Waals surface area contributed by atoms with Gasteiger partial charge in [-0.2, -0.15) is 0 Å². The molecule has 3 aromatic rings. The number of nitrogens with one attached hydrogen (secondary N) is 2. The Morgan fingerprint density at radius 2 is 1.74 bits per heavy atom. The summed E-state index contributed by atoms with van der Waals surface area (Å²) in [7, 11) is 1.50. The maximum absolute atomic E-state index is 13.2. The summed E-state index contributed by atoms with van der Waals surface area (Å²) in [5.74, 6) is -1.80. The number of ether oxygens (including phenoxy) is 1. The van der Waals surface area contributed by atoms with Crippen molar-refractivity contribution < 1.29 is 18.3 Å². The number of hydrogen-bond acceptors (Lipinski definition) is 4. The van der Waals surface area contributed by atoms with E-state index in [-0.39, 0.29) is 5.69 Å². The van der Waals surface area contributed by atoms with E-state index in [1.807, 2.05) is 0 Å². The number of methoxy groups -OCH3 is 1. The second kappa shape index (κ2) is 8.01. The third kappa shape index (κ3) is 4.51. The molecule has 0 bridgehead atoms. The zero-order chi connectivity index (χ0) is 19.4. The Balaban J connectivity index is 1.68. The molecule has 8 heteroatoms. The first-order chi connectivity index (χ1) is 13.0. The van der Waals surface area contributed by atoms with Crippen LogP contribution in [0.1, 0.15) is 10.5 Å². The second-order valence-corrected chi connectivity index (χ2v) is 5.90. The van der Waals surface area contributed by atoms with Crippen molar-refractivity contribution in [2.75, 3.05) is 17.7 Å². The molecule has 0 aliphatic heterocycles. The Hall–Kier alpha value is -3.19. The quantitative estimate of drug-likeness (QED) is 0.643. The molecule has 0 aliphatic carbocycles. The number of nitrogens with zero attached hydrogens (tertiary/aromatic N) is 1. The number of amides is 1. The first-order valence-electron chi connectivity index (χ1n) is 7.79. The first kappa shape index (κ1) is 18.6. The van der Waals surface area contributed by atoms with Crippen LogP contribution < -0.4 is 15.4 Å². The Kier molecular flexibility index (Phi) is 5.52. The molecule has 27 heavy (non-hydrogen) atoms. The average Bonchev–Trinajstić information content (AvgIpc) is 2.65. The molecule has 1 amide bonds. The Bertz CT molecular complexity index is 981. The monoisotopic (exact) mass is 389 g/mol. The van der Waals surface area contributed by atoms with Crippen LogP contribution in [-0.4, -0.2) is 18.0 Å².